The van der Waals surface area contributed by atoms with E-state index in [0.29, 0.717) is 77.6 Å². The highest BCUT2D eigenvalue weighted by Gasteiger charge is 2.30. The lowest BCUT2D eigenvalue weighted by molar-refractivity contribution is -0.131. The molecule has 4 N–H and O–H groups in total. The van der Waals surface area contributed by atoms with Gasteiger partial charge in [-0.25, -0.2) is 4.79 Å². The van der Waals surface area contributed by atoms with Crippen LogP contribution < -0.4 is 16.0 Å². The van der Waals surface area contributed by atoms with Crippen molar-refractivity contribution in [3.05, 3.63) is 94.5 Å². The lowest BCUT2D eigenvalue weighted by Gasteiger charge is -2.34. The van der Waals surface area contributed by atoms with Crippen LogP contribution >= 0.6 is 0 Å². The number of β-amino-alcohol motifs (C(OH)–C–C–N with tert-alkyl or cyclic N) is 1. The van der Waals surface area contributed by atoms with Gasteiger partial charge in [-0.15, -0.1) is 0 Å². The number of fused-ring (bicyclic) bond motifs is 1. The van der Waals surface area contributed by atoms with Gasteiger partial charge in [0.1, 0.15) is 0 Å². The van der Waals surface area contributed by atoms with Gasteiger partial charge >= 0.3 is 5.97 Å². The molecule has 0 spiro atoms. The van der Waals surface area contributed by atoms with E-state index in [2.05, 4.69) is 20.9 Å². The number of methoxy groups -OCH3 is 1. The molecule has 0 aliphatic carbocycles. The molecule has 44 heavy (non-hydrogen) atoms. The predicted octanol–water partition coefficient (Wildman–Crippen LogP) is 2.58. The molecule has 0 unspecified atom stereocenters. The number of amides is 3. The molecule has 0 saturated carbocycles. The van der Waals surface area contributed by atoms with Gasteiger partial charge in [-0.3, -0.25) is 19.3 Å². The minimum absolute atomic E-state index is 0.0889. The molecule has 0 radical (unpaired) electrons. The van der Waals surface area contributed by atoms with Crippen molar-refractivity contribution >= 4 is 46.3 Å². The Hall–Kier alpha value is -5.00. The van der Waals surface area contributed by atoms with E-state index in [1.807, 2.05) is 30.3 Å². The fourth-order valence-corrected chi connectivity index (χ4v) is 5.37. The van der Waals surface area contributed by atoms with Crippen LogP contribution in [-0.4, -0.2) is 91.6 Å². The molecular formula is C33H35N5O6. The monoisotopic (exact) mass is 597 g/mol. The van der Waals surface area contributed by atoms with Gasteiger partial charge in [-0.2, -0.15) is 0 Å². The Morgan fingerprint density at radius 1 is 0.955 bits per heavy atom. The fourth-order valence-electron chi connectivity index (χ4n) is 5.37. The van der Waals surface area contributed by atoms with Gasteiger partial charge < -0.3 is 30.7 Å². The van der Waals surface area contributed by atoms with Gasteiger partial charge in [0.25, 0.3) is 11.8 Å². The summed E-state index contributed by atoms with van der Waals surface area (Å²) in [5.41, 5.74) is 5.01. The van der Waals surface area contributed by atoms with E-state index in [4.69, 9.17) is 9.84 Å². The Bertz CT molecular complexity index is 1590. The molecule has 3 aromatic carbocycles. The average Bonchev–Trinajstić information content (AvgIpc) is 3.36. The van der Waals surface area contributed by atoms with Gasteiger partial charge in [-0.1, -0.05) is 30.3 Å². The lowest BCUT2D eigenvalue weighted by Crippen LogP contribution is -2.51. The van der Waals surface area contributed by atoms with Gasteiger partial charge in [0.05, 0.1) is 42.8 Å². The summed E-state index contributed by atoms with van der Waals surface area (Å²) in [6.45, 7) is 4.87. The van der Waals surface area contributed by atoms with Crippen molar-refractivity contribution in [1.29, 1.82) is 0 Å². The SMILES string of the molecule is COC(=O)c1cc2c(cc1C)/C(=C(/Nc1ccc(C(=O)NCC(=O)N3CCN(CCO)CC3)cc1)c1ccccc1)C(=O)N2. The smallest absolute Gasteiger partial charge is 0.338 e. The zero-order valence-electron chi connectivity index (χ0n) is 24.7. The Balaban J connectivity index is 1.32. The standard InChI is InChI=1S/C33H35N5O6/c1-21-18-26-27(19-25(21)33(43)44-2)36-32(42)29(26)30(22-6-4-3-5-7-22)35-24-10-8-23(9-11-24)31(41)34-20-28(40)38-14-12-37(13-15-38)16-17-39/h3-11,18-19,35,39H,12-17,20H2,1-2H3,(H,34,41)(H,36,42)/b30-29-. The van der Waals surface area contributed by atoms with Crippen molar-refractivity contribution in [2.75, 3.05) is 63.6 Å². The van der Waals surface area contributed by atoms with Crippen molar-refractivity contribution in [1.82, 2.24) is 15.1 Å². The van der Waals surface area contributed by atoms with Crippen molar-refractivity contribution in [2.45, 2.75) is 6.92 Å². The number of benzene rings is 3. The number of piperazine rings is 1. The summed E-state index contributed by atoms with van der Waals surface area (Å²) in [6, 6.07) is 19.6. The molecule has 2 heterocycles. The van der Waals surface area contributed by atoms with Crippen LogP contribution in [0.4, 0.5) is 11.4 Å². The average molecular weight is 598 g/mol. The Labute approximate surface area is 255 Å². The number of hydrogen-bond donors (Lipinski definition) is 4. The van der Waals surface area contributed by atoms with E-state index in [1.54, 1.807) is 48.2 Å². The highest BCUT2D eigenvalue weighted by molar-refractivity contribution is 6.37. The number of carbonyl (C=O) groups excluding carboxylic acids is 4. The quantitative estimate of drug-likeness (QED) is 0.218. The number of nitrogens with zero attached hydrogens (tertiary/aromatic N) is 2. The Kier molecular flexibility index (Phi) is 9.37. The Morgan fingerprint density at radius 2 is 1.66 bits per heavy atom. The molecule has 0 bridgehead atoms. The highest BCUT2D eigenvalue weighted by atomic mass is 16.5. The molecule has 228 valence electrons. The molecule has 5 rings (SSSR count). The number of carbonyl (C=O) groups is 4. The minimum Gasteiger partial charge on any atom is -0.465 e. The minimum atomic E-state index is -0.482. The summed E-state index contributed by atoms with van der Waals surface area (Å²) in [6.07, 6.45) is 0. The van der Waals surface area contributed by atoms with Crippen LogP contribution in [0.1, 0.15) is 37.4 Å². The topological polar surface area (TPSA) is 140 Å². The number of hydrogen-bond acceptors (Lipinski definition) is 8. The van der Waals surface area contributed by atoms with Crippen molar-refractivity contribution in [3.8, 4) is 0 Å². The number of aliphatic hydroxyl groups is 1. The summed E-state index contributed by atoms with van der Waals surface area (Å²) in [5, 5.41) is 18.0. The van der Waals surface area contributed by atoms with Crippen LogP contribution in [0.2, 0.25) is 0 Å². The first-order valence-electron chi connectivity index (χ1n) is 14.4. The third-order valence-corrected chi connectivity index (χ3v) is 7.78. The predicted molar refractivity (Wildman–Crippen MR) is 167 cm³/mol. The van der Waals surface area contributed by atoms with Crippen LogP contribution in [0.5, 0.6) is 0 Å². The van der Waals surface area contributed by atoms with Gasteiger partial charge in [-0.05, 0) is 54.4 Å². The first kappa shape index (κ1) is 30.5. The van der Waals surface area contributed by atoms with Crippen molar-refractivity contribution in [3.63, 3.8) is 0 Å². The molecule has 0 atom stereocenters. The van der Waals surface area contributed by atoms with Crippen LogP contribution in [-0.2, 0) is 14.3 Å². The molecule has 11 nitrogen and oxygen atoms in total. The number of esters is 1. The molecule has 2 aliphatic rings. The Morgan fingerprint density at radius 3 is 2.32 bits per heavy atom. The molecule has 3 amide bonds. The van der Waals surface area contributed by atoms with Crippen LogP contribution in [0.3, 0.4) is 0 Å². The largest absolute Gasteiger partial charge is 0.465 e. The number of ether oxygens (including phenoxy) is 1. The van der Waals surface area contributed by atoms with E-state index in [-0.39, 0.29) is 30.9 Å². The van der Waals surface area contributed by atoms with Crippen LogP contribution in [0.25, 0.3) is 11.3 Å². The number of rotatable bonds is 9. The van der Waals surface area contributed by atoms with E-state index < -0.39 is 5.97 Å². The molecule has 11 heteroatoms. The molecule has 1 saturated heterocycles. The summed E-state index contributed by atoms with van der Waals surface area (Å²) >= 11 is 0. The van der Waals surface area contributed by atoms with Crippen molar-refractivity contribution in [2.24, 2.45) is 0 Å². The molecule has 2 aliphatic heterocycles. The van der Waals surface area contributed by atoms with E-state index in [9.17, 15) is 19.2 Å². The number of nitrogens with one attached hydrogen (secondary N) is 3. The number of aryl methyl sites for hydroxylation is 1. The van der Waals surface area contributed by atoms with Gasteiger partial charge in [0.15, 0.2) is 0 Å². The number of anilines is 2. The second kappa shape index (κ2) is 13.5. The maximum atomic E-state index is 13.3. The van der Waals surface area contributed by atoms with Crippen molar-refractivity contribution < 1.29 is 29.0 Å². The van der Waals surface area contributed by atoms with Gasteiger partial charge in [0.2, 0.25) is 5.91 Å². The van der Waals surface area contributed by atoms with Gasteiger partial charge in [0, 0.05) is 49.5 Å². The molecular weight excluding hydrogens is 562 g/mol. The summed E-state index contributed by atoms with van der Waals surface area (Å²) in [4.78, 5) is 54.8. The third kappa shape index (κ3) is 6.64. The fraction of sp³-hybridized carbons (Fsp3) is 0.273. The summed E-state index contributed by atoms with van der Waals surface area (Å²) < 4.78 is 4.89. The first-order valence-corrected chi connectivity index (χ1v) is 14.4. The van der Waals surface area contributed by atoms with E-state index in [1.165, 1.54) is 7.11 Å². The summed E-state index contributed by atoms with van der Waals surface area (Å²) in [5.74, 6) is -1.32. The van der Waals surface area contributed by atoms with Crippen LogP contribution in [0, 0.1) is 6.92 Å². The van der Waals surface area contributed by atoms with Crippen LogP contribution in [0.15, 0.2) is 66.7 Å². The maximum absolute atomic E-state index is 13.3. The highest BCUT2D eigenvalue weighted by Crippen LogP contribution is 2.39. The lowest BCUT2D eigenvalue weighted by atomic mass is 9.96. The molecule has 3 aromatic rings. The normalized spacial score (nSPS) is 15.7. The first-order chi connectivity index (χ1) is 21.3. The number of aliphatic hydroxyl groups excluding tert-OH is 1. The second-order valence-electron chi connectivity index (χ2n) is 10.6. The van der Waals surface area contributed by atoms with E-state index >= 15 is 0 Å². The molecule has 1 fully saturated rings. The third-order valence-electron chi connectivity index (χ3n) is 7.78. The second-order valence-corrected chi connectivity index (χ2v) is 10.6. The summed E-state index contributed by atoms with van der Waals surface area (Å²) in [7, 11) is 1.31. The van der Waals surface area contributed by atoms with E-state index in [0.717, 1.165) is 5.56 Å². The maximum Gasteiger partial charge on any atom is 0.338 e. The zero-order chi connectivity index (χ0) is 31.2. The zero-order valence-corrected chi connectivity index (χ0v) is 24.7. The molecule has 0 aromatic heterocycles.